The number of rotatable bonds is 5. The molecule has 1 aliphatic carbocycles. The molecular weight excluding hydrogens is 238 g/mol. The Labute approximate surface area is 113 Å². The predicted octanol–water partition coefficient (Wildman–Crippen LogP) is 3.85. The van der Waals surface area contributed by atoms with Crippen LogP contribution in [0, 0.1) is 10.8 Å². The van der Waals surface area contributed by atoms with Crippen LogP contribution in [0.5, 0.6) is 0 Å². The molecule has 1 aromatic rings. The van der Waals surface area contributed by atoms with Crippen LogP contribution in [-0.2, 0) is 0 Å². The van der Waals surface area contributed by atoms with Gasteiger partial charge in [0.25, 0.3) is 0 Å². The largest absolute Gasteiger partial charge is 0.264 e. The fraction of sp³-hybridized carbons (Fsp3) is 0.333. The van der Waals surface area contributed by atoms with Crippen LogP contribution in [-0.4, -0.2) is 10.7 Å². The van der Waals surface area contributed by atoms with E-state index >= 15 is 0 Å². The minimum atomic E-state index is 0.268. The summed E-state index contributed by atoms with van der Waals surface area (Å²) in [5.74, 6) is 0.435. The van der Waals surface area contributed by atoms with E-state index in [-0.39, 0.29) is 5.70 Å². The lowest BCUT2D eigenvalue weighted by Gasteiger charge is -2.07. The van der Waals surface area contributed by atoms with Crippen LogP contribution in [0.2, 0.25) is 0 Å². The number of allylic oxidation sites excluding steroid dienone is 2. The number of pyridine rings is 1. The van der Waals surface area contributed by atoms with Gasteiger partial charge in [0.15, 0.2) is 0 Å². The first kappa shape index (κ1) is 13.3. The maximum atomic E-state index is 10.6. The molecule has 0 atom stereocenters. The Hall–Kier alpha value is -2.10. The molecule has 98 valence electrons. The van der Waals surface area contributed by atoms with Crippen molar-refractivity contribution >= 4 is 5.71 Å². The lowest BCUT2D eigenvalue weighted by Crippen LogP contribution is -1.99. The van der Waals surface area contributed by atoms with E-state index in [1.165, 1.54) is 0 Å². The zero-order valence-electron chi connectivity index (χ0n) is 11.3. The number of nitrogens with zero attached hydrogens (tertiary/aromatic N) is 3. The third kappa shape index (κ3) is 3.22. The summed E-state index contributed by atoms with van der Waals surface area (Å²) < 4.78 is 0. The van der Waals surface area contributed by atoms with E-state index in [4.69, 9.17) is 0 Å². The van der Waals surface area contributed by atoms with Gasteiger partial charge in [-0.25, -0.2) is 0 Å². The molecule has 4 heteroatoms. The second-order valence-corrected chi connectivity index (χ2v) is 4.76. The van der Waals surface area contributed by atoms with Crippen LogP contribution >= 0.6 is 0 Å². The minimum Gasteiger partial charge on any atom is -0.264 e. The molecule has 1 heterocycles. The molecule has 1 aromatic heterocycles. The summed E-state index contributed by atoms with van der Waals surface area (Å²) in [4.78, 5) is 19.4. The Bertz CT molecular complexity index is 554. The summed E-state index contributed by atoms with van der Waals surface area (Å²) in [5, 5.41) is 2.92. The first-order valence-electron chi connectivity index (χ1n) is 6.32. The Morgan fingerprint density at radius 3 is 2.68 bits per heavy atom. The van der Waals surface area contributed by atoms with E-state index in [1.54, 1.807) is 12.4 Å². The number of hydrogen-bond acceptors (Lipinski definition) is 4. The van der Waals surface area contributed by atoms with E-state index in [2.05, 4.69) is 21.7 Å². The summed E-state index contributed by atoms with van der Waals surface area (Å²) >= 11 is 0. The van der Waals surface area contributed by atoms with Gasteiger partial charge in [0.2, 0.25) is 0 Å². The summed E-state index contributed by atoms with van der Waals surface area (Å²) in [6.45, 7) is 7.47. The smallest absolute Gasteiger partial charge is 0.105 e. The van der Waals surface area contributed by atoms with Gasteiger partial charge in [0.05, 0.1) is 0 Å². The van der Waals surface area contributed by atoms with Gasteiger partial charge in [-0.3, -0.25) is 9.98 Å². The lowest BCUT2D eigenvalue weighted by molar-refractivity contribution is 0.946. The zero-order valence-corrected chi connectivity index (χ0v) is 11.3. The molecule has 1 aliphatic rings. The van der Waals surface area contributed by atoms with Gasteiger partial charge in [-0.1, -0.05) is 12.6 Å². The van der Waals surface area contributed by atoms with Crippen molar-refractivity contribution in [3.05, 3.63) is 58.5 Å². The van der Waals surface area contributed by atoms with E-state index in [0.29, 0.717) is 5.92 Å². The molecule has 19 heavy (non-hydrogen) atoms. The van der Waals surface area contributed by atoms with Gasteiger partial charge in [-0.05, 0) is 43.5 Å². The maximum absolute atomic E-state index is 10.6. The number of aliphatic imine (C=N–C) groups is 1. The fourth-order valence-electron chi connectivity index (χ4n) is 1.88. The van der Waals surface area contributed by atoms with Gasteiger partial charge >= 0.3 is 0 Å². The second kappa shape index (κ2) is 5.69. The van der Waals surface area contributed by atoms with Crippen molar-refractivity contribution < 1.29 is 0 Å². The summed E-state index contributed by atoms with van der Waals surface area (Å²) in [5.41, 5.74) is 3.88. The van der Waals surface area contributed by atoms with Crippen LogP contribution < -0.4 is 0 Å². The molecule has 2 rings (SSSR count). The van der Waals surface area contributed by atoms with Crippen LogP contribution in [0.3, 0.4) is 0 Å². The highest BCUT2D eigenvalue weighted by atomic mass is 16.3. The number of aromatic nitrogens is 1. The van der Waals surface area contributed by atoms with Crippen molar-refractivity contribution in [2.24, 2.45) is 16.1 Å². The SMILES string of the molecule is C=C(N=O)/C(C)=C(/N=C(\C)c1cccnc1)C1CC1. The third-order valence-electron chi connectivity index (χ3n) is 3.26. The van der Waals surface area contributed by atoms with Crippen molar-refractivity contribution in [3.63, 3.8) is 0 Å². The molecule has 0 aliphatic heterocycles. The van der Waals surface area contributed by atoms with Crippen LogP contribution in [0.4, 0.5) is 0 Å². The molecule has 1 saturated carbocycles. The Kier molecular flexibility index (Phi) is 4.00. The average Bonchev–Trinajstić information content (AvgIpc) is 3.28. The standard InChI is InChI=1S/C15H17N3O/c1-10(11(2)18-19)15(13-6-7-13)17-12(3)14-5-4-8-16-9-14/h4-5,8-9,13H,2,6-7H2,1,3H3/b15-10+,17-12+. The number of hydrogen-bond donors (Lipinski definition) is 0. The molecule has 0 radical (unpaired) electrons. The van der Waals surface area contributed by atoms with Gasteiger partial charge in [-0.15, -0.1) is 4.91 Å². The Morgan fingerprint density at radius 2 is 2.16 bits per heavy atom. The van der Waals surface area contributed by atoms with Crippen LogP contribution in [0.25, 0.3) is 0 Å². The first-order valence-corrected chi connectivity index (χ1v) is 6.32. The van der Waals surface area contributed by atoms with Crippen LogP contribution in [0.15, 0.2) is 58.2 Å². The molecule has 4 nitrogen and oxygen atoms in total. The molecule has 0 spiro atoms. The van der Waals surface area contributed by atoms with Crippen molar-refractivity contribution in [1.82, 2.24) is 4.98 Å². The molecule has 0 unspecified atom stereocenters. The van der Waals surface area contributed by atoms with E-state index in [9.17, 15) is 4.91 Å². The van der Waals surface area contributed by atoms with Crippen molar-refractivity contribution in [1.29, 1.82) is 0 Å². The van der Waals surface area contributed by atoms with Gasteiger partial charge in [-0.2, -0.15) is 0 Å². The molecule has 1 fully saturated rings. The summed E-state index contributed by atoms with van der Waals surface area (Å²) in [7, 11) is 0. The summed E-state index contributed by atoms with van der Waals surface area (Å²) in [6, 6.07) is 3.85. The Balaban J connectivity index is 2.36. The normalized spacial score (nSPS) is 16.8. The molecule has 0 saturated heterocycles. The zero-order chi connectivity index (χ0) is 13.8. The minimum absolute atomic E-state index is 0.268. The fourth-order valence-corrected chi connectivity index (χ4v) is 1.88. The Morgan fingerprint density at radius 1 is 1.42 bits per heavy atom. The average molecular weight is 255 g/mol. The highest BCUT2D eigenvalue weighted by Gasteiger charge is 2.28. The monoisotopic (exact) mass is 255 g/mol. The van der Waals surface area contributed by atoms with E-state index in [0.717, 1.165) is 35.4 Å². The molecule has 0 amide bonds. The number of nitroso groups, excluding NO2 is 1. The summed E-state index contributed by atoms with van der Waals surface area (Å²) in [6.07, 6.45) is 5.74. The van der Waals surface area contributed by atoms with Crippen molar-refractivity contribution in [2.45, 2.75) is 26.7 Å². The lowest BCUT2D eigenvalue weighted by atomic mass is 10.1. The van der Waals surface area contributed by atoms with Gasteiger partial charge < -0.3 is 0 Å². The second-order valence-electron chi connectivity index (χ2n) is 4.76. The molecule has 0 aromatic carbocycles. The maximum Gasteiger partial charge on any atom is 0.105 e. The van der Waals surface area contributed by atoms with Gasteiger partial charge in [0, 0.05) is 35.3 Å². The third-order valence-corrected chi connectivity index (χ3v) is 3.26. The van der Waals surface area contributed by atoms with Crippen molar-refractivity contribution in [3.8, 4) is 0 Å². The molecule has 0 bridgehead atoms. The predicted molar refractivity (Wildman–Crippen MR) is 76.8 cm³/mol. The topological polar surface area (TPSA) is 54.7 Å². The molecular formula is C15H17N3O. The highest BCUT2D eigenvalue weighted by Crippen LogP contribution is 2.40. The van der Waals surface area contributed by atoms with Gasteiger partial charge in [0.1, 0.15) is 5.70 Å². The first-order chi connectivity index (χ1) is 9.13. The molecule has 0 N–H and O–H groups in total. The quantitative estimate of drug-likeness (QED) is 0.456. The highest BCUT2D eigenvalue weighted by molar-refractivity contribution is 5.99. The van der Waals surface area contributed by atoms with Crippen molar-refractivity contribution in [2.75, 3.05) is 0 Å². The van der Waals surface area contributed by atoms with E-state index < -0.39 is 0 Å². The van der Waals surface area contributed by atoms with E-state index in [1.807, 2.05) is 26.0 Å². The van der Waals surface area contributed by atoms with Crippen LogP contribution in [0.1, 0.15) is 32.3 Å².